The molecule has 1 atom stereocenters. The van der Waals surface area contributed by atoms with Crippen molar-refractivity contribution in [3.8, 4) is 0 Å². The summed E-state index contributed by atoms with van der Waals surface area (Å²) in [6, 6.07) is 13.6. The van der Waals surface area contributed by atoms with E-state index >= 15 is 0 Å². The minimum absolute atomic E-state index is 0.0455. The van der Waals surface area contributed by atoms with E-state index in [4.69, 9.17) is 0 Å². The molecule has 0 aliphatic rings. The second kappa shape index (κ2) is 8.58. The Bertz CT molecular complexity index is 765. The molecular formula is C18H18FN3O3. The van der Waals surface area contributed by atoms with Gasteiger partial charge in [-0.1, -0.05) is 30.3 Å². The number of amides is 3. The fourth-order valence-electron chi connectivity index (χ4n) is 2.12. The number of hydrazine groups is 1. The predicted octanol–water partition coefficient (Wildman–Crippen LogP) is 1.80. The Labute approximate surface area is 144 Å². The molecule has 0 heterocycles. The largest absolute Gasteiger partial charge is 0.349 e. The monoisotopic (exact) mass is 343 g/mol. The van der Waals surface area contributed by atoms with E-state index in [2.05, 4.69) is 16.2 Å². The van der Waals surface area contributed by atoms with Crippen LogP contribution in [-0.4, -0.2) is 23.8 Å². The Morgan fingerprint density at radius 1 is 0.920 bits per heavy atom. The number of halogens is 1. The van der Waals surface area contributed by atoms with Crippen LogP contribution in [0.3, 0.4) is 0 Å². The molecule has 0 aliphatic heterocycles. The lowest BCUT2D eigenvalue weighted by atomic mass is 10.1. The summed E-state index contributed by atoms with van der Waals surface area (Å²) >= 11 is 0. The predicted molar refractivity (Wildman–Crippen MR) is 90.0 cm³/mol. The Morgan fingerprint density at radius 2 is 1.56 bits per heavy atom. The van der Waals surface area contributed by atoms with Gasteiger partial charge in [0.25, 0.3) is 11.8 Å². The van der Waals surface area contributed by atoms with Crippen LogP contribution >= 0.6 is 0 Å². The maximum absolute atomic E-state index is 13.5. The highest BCUT2D eigenvalue weighted by atomic mass is 19.1. The molecule has 6 nitrogen and oxygen atoms in total. The van der Waals surface area contributed by atoms with Gasteiger partial charge < -0.3 is 5.32 Å². The van der Waals surface area contributed by atoms with E-state index in [1.165, 1.54) is 18.2 Å². The van der Waals surface area contributed by atoms with Crippen LogP contribution < -0.4 is 16.2 Å². The van der Waals surface area contributed by atoms with Crippen molar-refractivity contribution in [1.82, 2.24) is 16.2 Å². The molecule has 0 aliphatic carbocycles. The first-order valence-electron chi connectivity index (χ1n) is 7.67. The van der Waals surface area contributed by atoms with Crippen LogP contribution in [0.25, 0.3) is 0 Å². The fraction of sp³-hybridized carbons (Fsp3) is 0.167. The number of nitrogens with one attached hydrogen (secondary N) is 3. The Hall–Kier alpha value is -3.22. The van der Waals surface area contributed by atoms with Gasteiger partial charge in [-0.05, 0) is 31.2 Å². The first-order chi connectivity index (χ1) is 12.0. The van der Waals surface area contributed by atoms with E-state index in [1.54, 1.807) is 37.3 Å². The molecule has 0 radical (unpaired) electrons. The Kier molecular flexibility index (Phi) is 6.22. The lowest BCUT2D eigenvalue weighted by Gasteiger charge is -2.14. The molecule has 25 heavy (non-hydrogen) atoms. The van der Waals surface area contributed by atoms with Crippen LogP contribution in [0.4, 0.5) is 4.39 Å². The molecule has 130 valence electrons. The van der Waals surface area contributed by atoms with Crippen LogP contribution in [0.1, 0.15) is 34.1 Å². The average Bonchev–Trinajstić information content (AvgIpc) is 2.60. The molecule has 0 saturated heterocycles. The van der Waals surface area contributed by atoms with Gasteiger partial charge in [0.1, 0.15) is 5.82 Å². The van der Waals surface area contributed by atoms with Gasteiger partial charge in [-0.15, -0.1) is 0 Å². The fourth-order valence-corrected chi connectivity index (χ4v) is 2.12. The SMILES string of the molecule is CC(CC(=O)NNC(=O)c1ccccc1F)NC(=O)c1ccccc1. The first-order valence-corrected chi connectivity index (χ1v) is 7.67. The Morgan fingerprint density at radius 3 is 2.24 bits per heavy atom. The zero-order chi connectivity index (χ0) is 18.2. The summed E-state index contributed by atoms with van der Waals surface area (Å²) < 4.78 is 13.5. The molecule has 0 saturated carbocycles. The second-order valence-corrected chi connectivity index (χ2v) is 5.43. The molecule has 3 amide bonds. The van der Waals surface area contributed by atoms with Gasteiger partial charge in [-0.2, -0.15) is 0 Å². The molecule has 0 fully saturated rings. The summed E-state index contributed by atoms with van der Waals surface area (Å²) in [5.41, 5.74) is 4.65. The van der Waals surface area contributed by atoms with E-state index in [0.29, 0.717) is 5.56 Å². The van der Waals surface area contributed by atoms with Gasteiger partial charge in [0.15, 0.2) is 0 Å². The summed E-state index contributed by atoms with van der Waals surface area (Å²) in [4.78, 5) is 35.6. The number of hydrogen-bond acceptors (Lipinski definition) is 3. The normalized spacial score (nSPS) is 11.3. The van der Waals surface area contributed by atoms with Gasteiger partial charge in [0, 0.05) is 18.0 Å². The average molecular weight is 343 g/mol. The van der Waals surface area contributed by atoms with Gasteiger partial charge in [-0.3, -0.25) is 25.2 Å². The third-order valence-electron chi connectivity index (χ3n) is 3.34. The van der Waals surface area contributed by atoms with Crippen LogP contribution in [0, 0.1) is 5.82 Å². The van der Waals surface area contributed by atoms with Crippen molar-refractivity contribution >= 4 is 17.7 Å². The van der Waals surface area contributed by atoms with Gasteiger partial charge >= 0.3 is 0 Å². The number of benzene rings is 2. The van der Waals surface area contributed by atoms with E-state index < -0.39 is 23.7 Å². The highest BCUT2D eigenvalue weighted by Crippen LogP contribution is 2.05. The molecule has 0 aromatic heterocycles. The van der Waals surface area contributed by atoms with Crippen molar-refractivity contribution in [2.45, 2.75) is 19.4 Å². The van der Waals surface area contributed by atoms with E-state index in [0.717, 1.165) is 6.07 Å². The number of rotatable bonds is 5. The Balaban J connectivity index is 1.79. The minimum atomic E-state index is -0.757. The van der Waals surface area contributed by atoms with Crippen molar-refractivity contribution in [2.24, 2.45) is 0 Å². The van der Waals surface area contributed by atoms with E-state index in [9.17, 15) is 18.8 Å². The number of carbonyl (C=O) groups excluding carboxylic acids is 3. The highest BCUT2D eigenvalue weighted by molar-refractivity contribution is 5.96. The summed E-state index contributed by atoms with van der Waals surface area (Å²) in [5, 5.41) is 2.68. The molecule has 0 spiro atoms. The molecule has 2 rings (SSSR count). The van der Waals surface area contributed by atoms with E-state index in [1.807, 2.05) is 0 Å². The molecule has 2 aromatic rings. The molecule has 3 N–H and O–H groups in total. The van der Waals surface area contributed by atoms with E-state index in [-0.39, 0.29) is 17.9 Å². The lowest BCUT2D eigenvalue weighted by Crippen LogP contribution is -2.45. The molecular weight excluding hydrogens is 325 g/mol. The first kappa shape index (κ1) is 18.1. The van der Waals surface area contributed by atoms with Crippen molar-refractivity contribution in [3.63, 3.8) is 0 Å². The van der Waals surface area contributed by atoms with Gasteiger partial charge in [0.2, 0.25) is 5.91 Å². The summed E-state index contributed by atoms with van der Waals surface area (Å²) in [6.45, 7) is 1.67. The highest BCUT2D eigenvalue weighted by Gasteiger charge is 2.15. The third-order valence-corrected chi connectivity index (χ3v) is 3.34. The van der Waals surface area contributed by atoms with Gasteiger partial charge in [-0.25, -0.2) is 4.39 Å². The molecule has 2 aromatic carbocycles. The maximum Gasteiger partial charge on any atom is 0.272 e. The lowest BCUT2D eigenvalue weighted by molar-refractivity contribution is -0.122. The van der Waals surface area contributed by atoms with Crippen molar-refractivity contribution in [1.29, 1.82) is 0 Å². The topological polar surface area (TPSA) is 87.3 Å². The summed E-state index contributed by atoms with van der Waals surface area (Å²) in [7, 11) is 0. The smallest absolute Gasteiger partial charge is 0.272 e. The van der Waals surface area contributed by atoms with Crippen molar-refractivity contribution < 1.29 is 18.8 Å². The molecule has 7 heteroatoms. The third kappa shape index (κ3) is 5.42. The van der Waals surface area contributed by atoms with Gasteiger partial charge in [0.05, 0.1) is 5.56 Å². The number of hydrogen-bond donors (Lipinski definition) is 3. The zero-order valence-electron chi connectivity index (χ0n) is 13.6. The van der Waals surface area contributed by atoms with Crippen LogP contribution in [0.5, 0.6) is 0 Å². The zero-order valence-corrected chi connectivity index (χ0v) is 13.6. The standard InChI is InChI=1S/C18H18FN3O3/c1-12(20-17(24)13-7-3-2-4-8-13)11-16(23)21-22-18(25)14-9-5-6-10-15(14)19/h2-10,12H,11H2,1H3,(H,20,24)(H,21,23)(H,22,25). The number of carbonyl (C=O) groups is 3. The minimum Gasteiger partial charge on any atom is -0.349 e. The van der Waals surface area contributed by atoms with Crippen LogP contribution in [0.2, 0.25) is 0 Å². The summed E-state index contributed by atoms with van der Waals surface area (Å²) in [6.07, 6.45) is -0.0455. The van der Waals surface area contributed by atoms with Crippen LogP contribution in [0.15, 0.2) is 54.6 Å². The second-order valence-electron chi connectivity index (χ2n) is 5.43. The molecule has 0 bridgehead atoms. The quantitative estimate of drug-likeness (QED) is 0.724. The molecule has 1 unspecified atom stereocenters. The summed E-state index contributed by atoms with van der Waals surface area (Å²) in [5.74, 6) is -2.24. The van der Waals surface area contributed by atoms with Crippen molar-refractivity contribution in [3.05, 3.63) is 71.5 Å². The maximum atomic E-state index is 13.5. The van der Waals surface area contributed by atoms with Crippen LogP contribution in [-0.2, 0) is 4.79 Å². The van der Waals surface area contributed by atoms with Crippen molar-refractivity contribution in [2.75, 3.05) is 0 Å².